The van der Waals surface area contributed by atoms with Gasteiger partial charge in [0.2, 0.25) is 35.4 Å². The highest BCUT2D eigenvalue weighted by molar-refractivity contribution is 6.04. The van der Waals surface area contributed by atoms with Crippen LogP contribution >= 0.6 is 0 Å². The Kier molecular flexibility index (Phi) is 40.6. The van der Waals surface area contributed by atoms with Gasteiger partial charge in [-0.25, -0.2) is 19.1 Å². The zero-order valence-corrected chi connectivity index (χ0v) is 63.4. The molecule has 4 rings (SSSR count). The van der Waals surface area contributed by atoms with Crippen molar-refractivity contribution in [3.05, 3.63) is 41.7 Å². The number of aromatic nitrogens is 3. The van der Waals surface area contributed by atoms with E-state index in [1.165, 1.54) is 9.80 Å². The van der Waals surface area contributed by atoms with Crippen molar-refractivity contribution in [1.29, 1.82) is 0 Å². The number of hydrogen-bond acceptors (Lipinski definition) is 20. The number of Topliss-reactive ketones (excluding diaryl/α,β-unsaturated/α-hetero) is 1. The summed E-state index contributed by atoms with van der Waals surface area (Å²) in [6, 6.07) is 4.76. The number of alkyl carbamates (subject to hydrolysis) is 1. The van der Waals surface area contributed by atoms with E-state index in [0.717, 1.165) is 12.8 Å². The molecule has 8 N–H and O–H groups in total. The van der Waals surface area contributed by atoms with Crippen LogP contribution in [0.4, 0.5) is 20.1 Å². The normalized spacial score (nSPS) is 15.6. The number of nitrogens with zero attached hydrogens (tertiary/aromatic N) is 5. The molecule has 102 heavy (non-hydrogen) atoms. The standard InChI is InChI=1S/C38H60N6O8.C34H62N6O10/c1-24(2)32(43-30(46)12-10-9-11-19-44-31(47)21-28(34(44)49)38(6,7)8)29(45)20-26(22-41-35(39)50)33(48)42-27-15-13-25(14-16-27)23-52-36(51)40-18-17-37(3,4)5;1-33(2,3)7-8-35-32(43)36-9-11-44-13-15-46-17-19-48-21-23-50-24-22-49-20-18-47-16-14-45-12-10-39-26-28(37-38-39)27-40-30(41)25-29(31(40)42)34(4,5)6/h13-16,24,26,28,32H,9-12,17-23H2,1-8H3,(H,40,51)(H,42,48)(H,43,46)(H3,39,41,50);26,29H,7-25,27H2,1-6H3,(H2,35,36,43)/t26-,28?,32-;/m0./s1. The maximum atomic E-state index is 13.4. The van der Waals surface area contributed by atoms with Gasteiger partial charge in [-0.2, -0.15) is 0 Å². The van der Waals surface area contributed by atoms with Gasteiger partial charge in [-0.3, -0.25) is 43.4 Å². The number of benzene rings is 1. The van der Waals surface area contributed by atoms with Crippen LogP contribution in [0.1, 0.15) is 166 Å². The molecule has 2 aliphatic rings. The number of unbranched alkanes of at least 4 members (excludes halogenated alkanes) is 2. The van der Waals surface area contributed by atoms with E-state index in [4.69, 9.17) is 43.6 Å². The molecule has 2 unspecified atom stereocenters. The molecule has 578 valence electrons. The summed E-state index contributed by atoms with van der Waals surface area (Å²) in [6.45, 7) is 36.8. The third-order valence-corrected chi connectivity index (χ3v) is 16.6. The lowest BCUT2D eigenvalue weighted by atomic mass is 9.80. The van der Waals surface area contributed by atoms with Gasteiger partial charge in [-0.15, -0.1) is 5.10 Å². The lowest BCUT2D eigenvalue weighted by Gasteiger charge is -2.25. The molecule has 1 aromatic carbocycles. The Morgan fingerprint density at radius 1 is 0.578 bits per heavy atom. The molecule has 0 radical (unpaired) electrons. The zero-order chi connectivity index (χ0) is 75.9. The average Bonchev–Trinajstić information content (AvgIpc) is 1.66. The van der Waals surface area contributed by atoms with Crippen LogP contribution in [0.3, 0.4) is 0 Å². The molecule has 1 aromatic heterocycles. The molecule has 30 heteroatoms. The Labute approximate surface area is 603 Å². The number of primary amides is 1. The number of amides is 11. The first-order valence-electron chi connectivity index (χ1n) is 35.8. The van der Waals surface area contributed by atoms with Crippen LogP contribution in [0.5, 0.6) is 0 Å². The van der Waals surface area contributed by atoms with Crippen LogP contribution in [0.15, 0.2) is 30.5 Å². The molecule has 0 spiro atoms. The van der Waals surface area contributed by atoms with Crippen molar-refractivity contribution >= 4 is 65.1 Å². The number of urea groups is 2. The second kappa shape index (κ2) is 46.5. The van der Waals surface area contributed by atoms with Gasteiger partial charge in [0, 0.05) is 64.1 Å². The highest BCUT2D eigenvalue weighted by atomic mass is 16.6. The number of imide groups is 2. The Hall–Kier alpha value is -7.22. The minimum Gasteiger partial charge on any atom is -0.445 e. The van der Waals surface area contributed by atoms with Crippen LogP contribution in [-0.4, -0.2) is 215 Å². The van der Waals surface area contributed by atoms with Gasteiger partial charge >= 0.3 is 18.2 Å². The quantitative estimate of drug-likeness (QED) is 0.0267. The van der Waals surface area contributed by atoms with E-state index in [2.05, 4.69) is 83.8 Å². The van der Waals surface area contributed by atoms with Crippen molar-refractivity contribution < 1.29 is 85.8 Å². The summed E-state index contributed by atoms with van der Waals surface area (Å²) in [4.78, 5) is 127. The smallest absolute Gasteiger partial charge is 0.407 e. The van der Waals surface area contributed by atoms with Crippen molar-refractivity contribution in [2.75, 3.05) is 131 Å². The first-order chi connectivity index (χ1) is 48.0. The summed E-state index contributed by atoms with van der Waals surface area (Å²) < 4.78 is 45.4. The minimum absolute atomic E-state index is 0.0379. The van der Waals surface area contributed by atoms with Gasteiger partial charge in [-0.05, 0) is 71.0 Å². The molecular weight excluding hydrogens is 1320 g/mol. The first kappa shape index (κ1) is 89.0. The van der Waals surface area contributed by atoms with Gasteiger partial charge in [0.15, 0.2) is 5.78 Å². The number of rotatable bonds is 47. The van der Waals surface area contributed by atoms with Crippen LogP contribution in [-0.2, 0) is 91.2 Å². The third kappa shape index (κ3) is 38.3. The van der Waals surface area contributed by atoms with Crippen molar-refractivity contribution in [2.45, 2.75) is 180 Å². The summed E-state index contributed by atoms with van der Waals surface area (Å²) in [7, 11) is 0. The predicted molar refractivity (Wildman–Crippen MR) is 382 cm³/mol. The Bertz CT molecular complexity index is 2880. The monoisotopic (exact) mass is 1440 g/mol. The molecule has 3 heterocycles. The van der Waals surface area contributed by atoms with Crippen LogP contribution in [0, 0.1) is 45.3 Å². The Balaban J connectivity index is 0.000000531. The van der Waals surface area contributed by atoms with Gasteiger partial charge in [0.1, 0.15) is 12.3 Å². The maximum absolute atomic E-state index is 13.4. The summed E-state index contributed by atoms with van der Waals surface area (Å²) in [5, 5.41) is 24.4. The van der Waals surface area contributed by atoms with E-state index < -0.39 is 30.0 Å². The summed E-state index contributed by atoms with van der Waals surface area (Å²) in [6.07, 6.45) is 4.98. The van der Waals surface area contributed by atoms with Crippen molar-refractivity contribution in [3.8, 4) is 0 Å². The number of hydrogen-bond donors (Lipinski definition) is 7. The van der Waals surface area contributed by atoms with E-state index in [1.807, 2.05) is 41.5 Å². The second-order valence-electron chi connectivity index (χ2n) is 30.4. The molecule has 4 atom stereocenters. The number of anilines is 1. The van der Waals surface area contributed by atoms with E-state index in [0.29, 0.717) is 161 Å². The number of ketones is 1. The van der Waals surface area contributed by atoms with Crippen LogP contribution in [0.25, 0.3) is 0 Å². The van der Waals surface area contributed by atoms with E-state index >= 15 is 0 Å². The first-order valence-corrected chi connectivity index (χ1v) is 35.8. The SMILES string of the molecule is CC(C)(C)CCNC(=O)NCCOCCOCCOCCOCCOCCOCCOCCn1cc(CN2C(=O)CC(C(C)(C)C)C2=O)nn1.CC(C)[C@H](NC(=O)CCCCCN1C(=O)CC(C(C)(C)C)C1=O)C(=O)C[C@@H](CNC(N)=O)C(=O)Nc1ccc(COC(=O)NCCC(C)(C)C)cc1. The number of ether oxygens (including phenoxy) is 8. The average molecular weight is 1440 g/mol. The number of nitrogens with two attached hydrogens (primary N) is 1. The van der Waals surface area contributed by atoms with E-state index in [-0.39, 0.29) is 126 Å². The van der Waals surface area contributed by atoms with Gasteiger partial charge < -0.3 is 75.5 Å². The van der Waals surface area contributed by atoms with E-state index in [9.17, 15) is 47.9 Å². The number of likely N-dealkylation sites (tertiary alicyclic amines) is 2. The summed E-state index contributed by atoms with van der Waals surface area (Å²) >= 11 is 0. The number of carbonyl (C=O) groups is 10. The number of nitrogens with one attached hydrogen (secondary N) is 6. The molecular formula is C72H122N12O18. The van der Waals surface area contributed by atoms with Gasteiger partial charge in [-0.1, -0.05) is 121 Å². The lowest BCUT2D eigenvalue weighted by Crippen LogP contribution is -2.47. The predicted octanol–water partition coefficient (Wildman–Crippen LogP) is 6.70. The van der Waals surface area contributed by atoms with Crippen LogP contribution in [0.2, 0.25) is 0 Å². The van der Waals surface area contributed by atoms with Gasteiger partial charge in [0.25, 0.3) is 0 Å². The molecule has 0 aliphatic carbocycles. The molecule has 2 saturated heterocycles. The van der Waals surface area contributed by atoms with Crippen LogP contribution < -0.4 is 37.6 Å². The third-order valence-electron chi connectivity index (χ3n) is 16.6. The topological polar surface area (TPSA) is 380 Å². The summed E-state index contributed by atoms with van der Waals surface area (Å²) in [5.41, 5.74) is 6.69. The molecule has 2 aliphatic heterocycles. The fourth-order valence-electron chi connectivity index (χ4n) is 10.3. The highest BCUT2D eigenvalue weighted by Crippen LogP contribution is 2.37. The molecule has 0 bridgehead atoms. The second-order valence-corrected chi connectivity index (χ2v) is 30.4. The Morgan fingerprint density at radius 3 is 1.55 bits per heavy atom. The van der Waals surface area contributed by atoms with Crippen molar-refractivity contribution in [2.24, 2.45) is 51.1 Å². The van der Waals surface area contributed by atoms with E-state index in [1.54, 1.807) is 49.0 Å². The molecule has 0 saturated carbocycles. The van der Waals surface area contributed by atoms with Crippen molar-refractivity contribution in [1.82, 2.24) is 51.4 Å². The number of carbonyl (C=O) groups excluding carboxylic acids is 10. The molecule has 30 nitrogen and oxygen atoms in total. The molecule has 11 amide bonds. The fraction of sp³-hybridized carbons (Fsp3) is 0.750. The molecule has 2 fully saturated rings. The minimum atomic E-state index is -0.980. The van der Waals surface area contributed by atoms with Gasteiger partial charge in [0.05, 0.1) is 136 Å². The maximum Gasteiger partial charge on any atom is 0.407 e. The lowest BCUT2D eigenvalue weighted by molar-refractivity contribution is -0.142. The van der Waals surface area contributed by atoms with Crippen molar-refractivity contribution in [3.63, 3.8) is 0 Å². The Morgan fingerprint density at radius 2 is 1.06 bits per heavy atom. The highest BCUT2D eigenvalue weighted by Gasteiger charge is 2.46. The zero-order valence-electron chi connectivity index (χ0n) is 63.4. The largest absolute Gasteiger partial charge is 0.445 e. The fourth-order valence-corrected chi connectivity index (χ4v) is 10.3. The molecule has 2 aromatic rings. The summed E-state index contributed by atoms with van der Waals surface area (Å²) in [5.74, 6) is -3.71.